The molecule has 7 heteroatoms. The van der Waals surface area contributed by atoms with Gasteiger partial charge in [-0.3, -0.25) is 9.10 Å². The molecular weight excluding hydrogens is 415 g/mol. The maximum absolute atomic E-state index is 13.4. The molecular formula is C24H25FN2O3S. The van der Waals surface area contributed by atoms with Gasteiger partial charge >= 0.3 is 0 Å². The van der Waals surface area contributed by atoms with Crippen molar-refractivity contribution < 1.29 is 17.6 Å². The van der Waals surface area contributed by atoms with Gasteiger partial charge in [-0.05, 0) is 60.9 Å². The molecule has 1 amide bonds. The van der Waals surface area contributed by atoms with Gasteiger partial charge in [-0.2, -0.15) is 0 Å². The van der Waals surface area contributed by atoms with Crippen molar-refractivity contribution in [3.63, 3.8) is 0 Å². The number of benzene rings is 3. The summed E-state index contributed by atoms with van der Waals surface area (Å²) in [6.45, 7) is 5.50. The predicted molar refractivity (Wildman–Crippen MR) is 121 cm³/mol. The molecule has 0 saturated heterocycles. The monoisotopic (exact) mass is 440 g/mol. The predicted octanol–water partition coefficient (Wildman–Crippen LogP) is 5.09. The number of rotatable bonds is 7. The fraction of sp³-hybridized carbons (Fsp3) is 0.208. The second-order valence-corrected chi connectivity index (χ2v) is 9.49. The van der Waals surface area contributed by atoms with E-state index in [-0.39, 0.29) is 16.5 Å². The van der Waals surface area contributed by atoms with Gasteiger partial charge in [0.15, 0.2) is 0 Å². The van der Waals surface area contributed by atoms with Crippen LogP contribution < -0.4 is 9.62 Å². The number of nitrogens with one attached hydrogen (secondary N) is 1. The quantitative estimate of drug-likeness (QED) is 0.556. The van der Waals surface area contributed by atoms with Crippen molar-refractivity contribution in [2.24, 2.45) is 0 Å². The molecule has 0 radical (unpaired) electrons. The number of sulfonamides is 1. The van der Waals surface area contributed by atoms with Crippen LogP contribution in [-0.4, -0.2) is 20.9 Å². The lowest BCUT2D eigenvalue weighted by atomic mass is 10.0. The molecule has 0 fully saturated rings. The maximum atomic E-state index is 13.4. The van der Waals surface area contributed by atoms with Gasteiger partial charge in [-0.25, -0.2) is 12.8 Å². The third-order valence-electron chi connectivity index (χ3n) is 4.85. The summed E-state index contributed by atoms with van der Waals surface area (Å²) < 4.78 is 41.3. The first kappa shape index (κ1) is 22.5. The normalized spacial score (nSPS) is 11.4. The smallest absolute Gasteiger partial charge is 0.264 e. The Bertz CT molecular complexity index is 1160. The Balaban J connectivity index is 1.95. The highest BCUT2D eigenvalue weighted by atomic mass is 32.2. The lowest BCUT2D eigenvalue weighted by molar-refractivity contribution is -0.114. The van der Waals surface area contributed by atoms with Crippen LogP contribution in [0.1, 0.15) is 30.9 Å². The zero-order chi connectivity index (χ0) is 22.6. The van der Waals surface area contributed by atoms with Crippen molar-refractivity contribution >= 4 is 27.3 Å². The van der Waals surface area contributed by atoms with Crippen LogP contribution in [0.15, 0.2) is 77.7 Å². The standard InChI is InChI=1S/C24H25FN2O3S/c1-17(2)19-9-11-22(12-10-19)27(31(29,30)23-13-7-18(3)8-14-23)16-24(28)26-21-6-4-5-20(25)15-21/h4-15,17H,16H2,1-3H3,(H,26,28). The fourth-order valence-electron chi connectivity index (χ4n) is 3.08. The molecule has 0 aliphatic rings. The number of carbonyl (C=O) groups excluding carboxylic acids is 1. The molecule has 31 heavy (non-hydrogen) atoms. The minimum atomic E-state index is -4.00. The molecule has 0 bridgehead atoms. The number of nitrogens with zero attached hydrogens (tertiary/aromatic N) is 1. The van der Waals surface area contributed by atoms with E-state index in [1.807, 2.05) is 32.9 Å². The molecule has 1 N–H and O–H groups in total. The highest BCUT2D eigenvalue weighted by Crippen LogP contribution is 2.26. The van der Waals surface area contributed by atoms with E-state index in [9.17, 15) is 17.6 Å². The van der Waals surface area contributed by atoms with Crippen LogP contribution in [0.3, 0.4) is 0 Å². The molecule has 0 unspecified atom stereocenters. The summed E-state index contributed by atoms with van der Waals surface area (Å²) in [5, 5.41) is 2.56. The van der Waals surface area contributed by atoms with Crippen LogP contribution in [0, 0.1) is 12.7 Å². The van der Waals surface area contributed by atoms with Gasteiger partial charge in [0.05, 0.1) is 10.6 Å². The molecule has 0 aliphatic heterocycles. The molecule has 3 aromatic carbocycles. The molecule has 0 aliphatic carbocycles. The SMILES string of the molecule is Cc1ccc(S(=O)(=O)N(CC(=O)Nc2cccc(F)c2)c2ccc(C(C)C)cc2)cc1. The molecule has 0 atom stereocenters. The van der Waals surface area contributed by atoms with Crippen LogP contribution >= 0.6 is 0 Å². The van der Waals surface area contributed by atoms with E-state index in [1.165, 1.54) is 36.4 Å². The number of halogens is 1. The molecule has 0 aromatic heterocycles. The highest BCUT2D eigenvalue weighted by molar-refractivity contribution is 7.92. The summed E-state index contributed by atoms with van der Waals surface area (Å²) in [5.74, 6) is -0.784. The van der Waals surface area contributed by atoms with Crippen LogP contribution in [0.4, 0.5) is 15.8 Å². The zero-order valence-corrected chi connectivity index (χ0v) is 18.5. The zero-order valence-electron chi connectivity index (χ0n) is 17.7. The molecule has 0 saturated carbocycles. The summed E-state index contributed by atoms with van der Waals surface area (Å²) in [6.07, 6.45) is 0. The number of hydrogen-bond acceptors (Lipinski definition) is 3. The first-order valence-electron chi connectivity index (χ1n) is 9.91. The van der Waals surface area contributed by atoms with Crippen molar-refractivity contribution in [3.8, 4) is 0 Å². The molecule has 162 valence electrons. The van der Waals surface area contributed by atoms with Crippen molar-refractivity contribution in [1.82, 2.24) is 0 Å². The first-order valence-corrected chi connectivity index (χ1v) is 11.4. The van der Waals surface area contributed by atoms with Gasteiger partial charge in [0.1, 0.15) is 12.4 Å². The Kier molecular flexibility index (Phi) is 6.75. The second kappa shape index (κ2) is 9.31. The first-order chi connectivity index (χ1) is 14.7. The second-order valence-electron chi connectivity index (χ2n) is 7.63. The molecule has 3 aromatic rings. The third kappa shape index (κ3) is 5.49. The van der Waals surface area contributed by atoms with Crippen LogP contribution in [0.2, 0.25) is 0 Å². The van der Waals surface area contributed by atoms with Gasteiger partial charge in [0.2, 0.25) is 5.91 Å². The van der Waals surface area contributed by atoms with Crippen molar-refractivity contribution in [1.29, 1.82) is 0 Å². The summed E-state index contributed by atoms with van der Waals surface area (Å²) in [7, 11) is -4.00. The Labute approximate surface area is 182 Å². The van der Waals surface area contributed by atoms with Crippen LogP contribution in [0.25, 0.3) is 0 Å². The van der Waals surface area contributed by atoms with Crippen molar-refractivity contribution in [3.05, 3.63) is 89.7 Å². The van der Waals surface area contributed by atoms with Crippen molar-refractivity contribution in [2.75, 3.05) is 16.2 Å². The van der Waals surface area contributed by atoms with E-state index >= 15 is 0 Å². The fourth-order valence-corrected chi connectivity index (χ4v) is 4.50. The Morgan fingerprint density at radius 3 is 2.23 bits per heavy atom. The van der Waals surface area contributed by atoms with E-state index in [0.717, 1.165) is 15.4 Å². The topological polar surface area (TPSA) is 66.5 Å². The minimum Gasteiger partial charge on any atom is -0.324 e. The van der Waals surface area contributed by atoms with E-state index in [1.54, 1.807) is 24.3 Å². The average Bonchev–Trinajstić information content (AvgIpc) is 2.72. The molecule has 0 heterocycles. The van der Waals surface area contributed by atoms with Crippen molar-refractivity contribution in [2.45, 2.75) is 31.6 Å². The van der Waals surface area contributed by atoms with E-state index in [0.29, 0.717) is 5.69 Å². The maximum Gasteiger partial charge on any atom is 0.264 e. The van der Waals surface area contributed by atoms with Crippen LogP contribution in [-0.2, 0) is 14.8 Å². The Hall–Kier alpha value is -3.19. The number of amides is 1. The number of carbonyl (C=O) groups is 1. The van der Waals surface area contributed by atoms with Gasteiger partial charge in [0, 0.05) is 5.69 Å². The summed E-state index contributed by atoms with van der Waals surface area (Å²) in [6, 6.07) is 19.0. The lowest BCUT2D eigenvalue weighted by Gasteiger charge is -2.24. The Morgan fingerprint density at radius 2 is 1.65 bits per heavy atom. The largest absolute Gasteiger partial charge is 0.324 e. The third-order valence-corrected chi connectivity index (χ3v) is 6.64. The van der Waals surface area contributed by atoms with Gasteiger partial charge in [-0.15, -0.1) is 0 Å². The molecule has 3 rings (SSSR count). The minimum absolute atomic E-state index is 0.0876. The van der Waals surface area contributed by atoms with E-state index in [4.69, 9.17) is 0 Å². The average molecular weight is 441 g/mol. The van der Waals surface area contributed by atoms with E-state index in [2.05, 4.69) is 5.32 Å². The van der Waals surface area contributed by atoms with E-state index < -0.39 is 28.3 Å². The summed E-state index contributed by atoms with van der Waals surface area (Å²) in [5.41, 5.74) is 2.61. The summed E-state index contributed by atoms with van der Waals surface area (Å²) in [4.78, 5) is 12.8. The lowest BCUT2D eigenvalue weighted by Crippen LogP contribution is -2.38. The van der Waals surface area contributed by atoms with Gasteiger partial charge < -0.3 is 5.32 Å². The Morgan fingerprint density at radius 1 is 1.00 bits per heavy atom. The van der Waals surface area contributed by atoms with Gasteiger partial charge in [-0.1, -0.05) is 49.7 Å². The number of hydrogen-bond donors (Lipinski definition) is 1. The molecule has 0 spiro atoms. The number of anilines is 2. The molecule has 5 nitrogen and oxygen atoms in total. The van der Waals surface area contributed by atoms with Gasteiger partial charge in [0.25, 0.3) is 10.0 Å². The highest BCUT2D eigenvalue weighted by Gasteiger charge is 2.27. The number of aryl methyl sites for hydroxylation is 1. The summed E-state index contributed by atoms with van der Waals surface area (Å²) >= 11 is 0. The van der Waals surface area contributed by atoms with Crippen LogP contribution in [0.5, 0.6) is 0 Å².